The van der Waals surface area contributed by atoms with Gasteiger partial charge in [0.1, 0.15) is 0 Å². The van der Waals surface area contributed by atoms with Crippen LogP contribution in [-0.2, 0) is 6.42 Å². The Labute approximate surface area is 112 Å². The normalized spacial score (nSPS) is 12.3. The molecule has 0 spiro atoms. The fraction of sp³-hybridized carbons (Fsp3) is 0.267. The Morgan fingerprint density at radius 2 is 2.17 bits per heavy atom. The number of benzene rings is 1. The van der Waals surface area contributed by atoms with Crippen molar-refractivity contribution in [2.75, 3.05) is 5.75 Å². The molecular weight excluding hydrogens is 242 g/mol. The van der Waals surface area contributed by atoms with Crippen LogP contribution in [0.1, 0.15) is 11.1 Å². The number of hydrogen-bond donors (Lipinski definition) is 1. The lowest BCUT2D eigenvalue weighted by atomic mass is 10.1. The van der Waals surface area contributed by atoms with Crippen molar-refractivity contribution in [1.29, 1.82) is 0 Å². The molecule has 1 atom stereocenters. The lowest BCUT2D eigenvalue weighted by molar-refractivity contribution is 0.200. The van der Waals surface area contributed by atoms with Crippen LogP contribution in [0.2, 0.25) is 0 Å². The van der Waals surface area contributed by atoms with Gasteiger partial charge in [0.05, 0.1) is 6.10 Å². The summed E-state index contributed by atoms with van der Waals surface area (Å²) >= 11 is 1.69. The Hall–Kier alpha value is -1.32. The molecule has 1 heterocycles. The molecule has 0 aliphatic heterocycles. The maximum absolute atomic E-state index is 9.98. The molecule has 18 heavy (non-hydrogen) atoms. The molecule has 0 amide bonds. The predicted molar refractivity (Wildman–Crippen MR) is 75.9 cm³/mol. The molecule has 2 aromatic rings. The summed E-state index contributed by atoms with van der Waals surface area (Å²) in [7, 11) is 0. The van der Waals surface area contributed by atoms with E-state index in [1.165, 1.54) is 10.5 Å². The zero-order valence-corrected chi connectivity index (χ0v) is 11.2. The standard InChI is InChI=1S/C15H17NOS/c1-12-4-2-6-15(8-12)18-11-14(17)9-13-5-3-7-16-10-13/h2-8,10,14,17H,9,11H2,1H3. The molecule has 0 bridgehead atoms. The number of aliphatic hydroxyl groups excluding tert-OH is 1. The number of aliphatic hydroxyl groups is 1. The third-order valence-electron chi connectivity index (χ3n) is 2.63. The molecule has 3 heteroatoms. The van der Waals surface area contributed by atoms with Crippen LogP contribution >= 0.6 is 11.8 Å². The van der Waals surface area contributed by atoms with Crippen LogP contribution < -0.4 is 0 Å². The van der Waals surface area contributed by atoms with Crippen LogP contribution in [0.4, 0.5) is 0 Å². The maximum Gasteiger partial charge on any atom is 0.0674 e. The Kier molecular flexibility index (Phi) is 4.79. The van der Waals surface area contributed by atoms with E-state index in [9.17, 15) is 5.11 Å². The van der Waals surface area contributed by atoms with E-state index < -0.39 is 0 Å². The SMILES string of the molecule is Cc1cccc(SCC(O)Cc2cccnc2)c1. The quantitative estimate of drug-likeness (QED) is 0.838. The summed E-state index contributed by atoms with van der Waals surface area (Å²) in [4.78, 5) is 5.26. The summed E-state index contributed by atoms with van der Waals surface area (Å²) < 4.78 is 0. The zero-order chi connectivity index (χ0) is 12.8. The largest absolute Gasteiger partial charge is 0.392 e. The predicted octanol–water partition coefficient (Wildman–Crippen LogP) is 3.09. The summed E-state index contributed by atoms with van der Waals surface area (Å²) in [5, 5.41) is 9.98. The van der Waals surface area contributed by atoms with Crippen LogP contribution in [-0.4, -0.2) is 21.9 Å². The Balaban J connectivity index is 1.83. The molecule has 0 saturated heterocycles. The molecule has 1 aromatic heterocycles. The number of rotatable bonds is 5. The molecule has 2 rings (SSSR count). The molecule has 94 valence electrons. The van der Waals surface area contributed by atoms with Gasteiger partial charge in [0, 0.05) is 29.5 Å². The second kappa shape index (κ2) is 6.57. The van der Waals surface area contributed by atoms with E-state index in [2.05, 4.69) is 30.1 Å². The van der Waals surface area contributed by atoms with E-state index in [4.69, 9.17) is 0 Å². The lowest BCUT2D eigenvalue weighted by Crippen LogP contribution is -2.13. The molecule has 2 nitrogen and oxygen atoms in total. The van der Waals surface area contributed by atoms with Gasteiger partial charge in [-0.1, -0.05) is 23.8 Å². The summed E-state index contributed by atoms with van der Waals surface area (Å²) in [6.07, 6.45) is 3.88. The lowest BCUT2D eigenvalue weighted by Gasteiger charge is -2.10. The van der Waals surface area contributed by atoms with E-state index >= 15 is 0 Å². The minimum atomic E-state index is -0.334. The van der Waals surface area contributed by atoms with Crippen LogP contribution in [0.25, 0.3) is 0 Å². The average molecular weight is 259 g/mol. The van der Waals surface area contributed by atoms with Crippen molar-refractivity contribution in [2.24, 2.45) is 0 Å². The third kappa shape index (κ3) is 4.17. The number of aryl methyl sites for hydroxylation is 1. The van der Waals surface area contributed by atoms with Gasteiger partial charge in [0.15, 0.2) is 0 Å². The average Bonchev–Trinajstić information content (AvgIpc) is 2.38. The van der Waals surface area contributed by atoms with Crippen molar-refractivity contribution >= 4 is 11.8 Å². The second-order valence-electron chi connectivity index (χ2n) is 4.35. The van der Waals surface area contributed by atoms with Crippen molar-refractivity contribution in [3.63, 3.8) is 0 Å². The third-order valence-corrected chi connectivity index (χ3v) is 3.76. The maximum atomic E-state index is 9.98. The fourth-order valence-corrected chi connectivity index (χ4v) is 2.69. The number of thioether (sulfide) groups is 1. The van der Waals surface area contributed by atoms with Crippen LogP contribution in [0.15, 0.2) is 53.7 Å². The molecule has 1 aromatic carbocycles. The Bertz CT molecular complexity index is 487. The molecule has 0 radical (unpaired) electrons. The molecule has 0 saturated carbocycles. The van der Waals surface area contributed by atoms with Gasteiger partial charge in [-0.05, 0) is 30.7 Å². The van der Waals surface area contributed by atoms with Crippen LogP contribution in [0, 0.1) is 6.92 Å². The first-order valence-corrected chi connectivity index (χ1v) is 6.99. The minimum absolute atomic E-state index is 0.334. The van der Waals surface area contributed by atoms with Crippen LogP contribution in [0.3, 0.4) is 0 Å². The number of hydrogen-bond acceptors (Lipinski definition) is 3. The van der Waals surface area contributed by atoms with E-state index in [1.54, 1.807) is 24.2 Å². The van der Waals surface area contributed by atoms with Gasteiger partial charge < -0.3 is 5.11 Å². The van der Waals surface area contributed by atoms with Crippen LogP contribution in [0.5, 0.6) is 0 Å². The smallest absolute Gasteiger partial charge is 0.0674 e. The van der Waals surface area contributed by atoms with Gasteiger partial charge in [0.2, 0.25) is 0 Å². The summed E-state index contributed by atoms with van der Waals surface area (Å²) in [5.74, 6) is 0.707. The van der Waals surface area contributed by atoms with Crippen molar-refractivity contribution in [3.8, 4) is 0 Å². The molecule has 0 aliphatic rings. The van der Waals surface area contributed by atoms with Crippen molar-refractivity contribution < 1.29 is 5.11 Å². The molecule has 0 fully saturated rings. The fourth-order valence-electron chi connectivity index (χ4n) is 1.75. The first kappa shape index (κ1) is 13.1. The monoisotopic (exact) mass is 259 g/mol. The number of aromatic nitrogens is 1. The first-order valence-electron chi connectivity index (χ1n) is 6.00. The highest BCUT2D eigenvalue weighted by Gasteiger charge is 2.06. The number of nitrogens with zero attached hydrogens (tertiary/aromatic N) is 1. The first-order chi connectivity index (χ1) is 8.74. The van der Waals surface area contributed by atoms with E-state index in [1.807, 2.05) is 18.2 Å². The van der Waals surface area contributed by atoms with Gasteiger partial charge in [-0.15, -0.1) is 11.8 Å². The highest BCUT2D eigenvalue weighted by atomic mass is 32.2. The zero-order valence-electron chi connectivity index (χ0n) is 10.4. The molecular formula is C15H17NOS. The highest BCUT2D eigenvalue weighted by Crippen LogP contribution is 2.20. The van der Waals surface area contributed by atoms with Crippen molar-refractivity contribution in [1.82, 2.24) is 4.98 Å². The van der Waals surface area contributed by atoms with Gasteiger partial charge in [0.25, 0.3) is 0 Å². The molecule has 1 unspecified atom stereocenters. The minimum Gasteiger partial charge on any atom is -0.392 e. The molecule has 0 aliphatic carbocycles. The van der Waals surface area contributed by atoms with E-state index in [0.717, 1.165) is 5.56 Å². The molecule has 1 N–H and O–H groups in total. The summed E-state index contributed by atoms with van der Waals surface area (Å²) in [5.41, 5.74) is 2.33. The number of pyridine rings is 1. The summed E-state index contributed by atoms with van der Waals surface area (Å²) in [6, 6.07) is 12.2. The second-order valence-corrected chi connectivity index (χ2v) is 5.44. The van der Waals surface area contributed by atoms with Crippen molar-refractivity contribution in [2.45, 2.75) is 24.3 Å². The van der Waals surface area contributed by atoms with Gasteiger partial charge in [-0.3, -0.25) is 4.98 Å². The van der Waals surface area contributed by atoms with Gasteiger partial charge >= 0.3 is 0 Å². The Morgan fingerprint density at radius 3 is 2.89 bits per heavy atom. The summed E-state index contributed by atoms with van der Waals surface area (Å²) in [6.45, 7) is 2.08. The van der Waals surface area contributed by atoms with E-state index in [-0.39, 0.29) is 6.10 Å². The van der Waals surface area contributed by atoms with Gasteiger partial charge in [-0.25, -0.2) is 0 Å². The van der Waals surface area contributed by atoms with Gasteiger partial charge in [-0.2, -0.15) is 0 Å². The topological polar surface area (TPSA) is 33.1 Å². The van der Waals surface area contributed by atoms with Crippen molar-refractivity contribution in [3.05, 3.63) is 59.9 Å². The van der Waals surface area contributed by atoms with E-state index in [0.29, 0.717) is 12.2 Å². The highest BCUT2D eigenvalue weighted by molar-refractivity contribution is 7.99. The Morgan fingerprint density at radius 1 is 1.28 bits per heavy atom.